The molecule has 0 spiro atoms. The van der Waals surface area contributed by atoms with Gasteiger partial charge >= 0.3 is 19.5 Å². The molecule has 1 aromatic heterocycles. The van der Waals surface area contributed by atoms with Gasteiger partial charge in [-0.2, -0.15) is 0 Å². The van der Waals surface area contributed by atoms with Crippen LogP contribution in [0.3, 0.4) is 0 Å². The van der Waals surface area contributed by atoms with Crippen molar-refractivity contribution in [1.82, 2.24) is 15.0 Å². The molecule has 0 amide bonds. The Labute approximate surface area is 192 Å². The van der Waals surface area contributed by atoms with Crippen LogP contribution in [-0.2, 0) is 4.57 Å². The van der Waals surface area contributed by atoms with E-state index in [1.165, 1.54) is 48.5 Å². The maximum absolute atomic E-state index is 11.5. The van der Waals surface area contributed by atoms with Crippen LogP contribution < -0.4 is 5.30 Å². The molecule has 170 valence electrons. The Morgan fingerprint density at radius 2 is 0.853 bits per heavy atom. The van der Waals surface area contributed by atoms with Crippen molar-refractivity contribution in [1.29, 1.82) is 0 Å². The first-order valence-electron chi connectivity index (χ1n) is 9.72. The van der Waals surface area contributed by atoms with Crippen molar-refractivity contribution in [2.24, 2.45) is 0 Å². The van der Waals surface area contributed by atoms with Gasteiger partial charge in [0.25, 0.3) is 0 Å². The third-order valence-corrected chi connectivity index (χ3v) is 5.85. The van der Waals surface area contributed by atoms with Gasteiger partial charge in [-0.25, -0.2) is 24.5 Å². The molecule has 1 heterocycles. The van der Waals surface area contributed by atoms with Crippen molar-refractivity contribution in [3.8, 4) is 34.2 Å². The van der Waals surface area contributed by atoms with Gasteiger partial charge in [0.2, 0.25) is 0 Å². The lowest BCUT2D eigenvalue weighted by Gasteiger charge is -2.10. The third-order valence-electron chi connectivity index (χ3n) is 4.88. The predicted molar refractivity (Wildman–Crippen MR) is 122 cm³/mol. The molecular formula is C23H16N3O7P. The van der Waals surface area contributed by atoms with Gasteiger partial charge in [-0.05, 0) is 36.4 Å². The molecule has 0 aliphatic carbocycles. The van der Waals surface area contributed by atoms with E-state index in [-0.39, 0.29) is 33.9 Å². The first kappa shape index (κ1) is 22.9. The van der Waals surface area contributed by atoms with Gasteiger partial charge in [0.15, 0.2) is 17.5 Å². The fraction of sp³-hybridized carbons (Fsp3) is 0. The molecular weight excluding hydrogens is 461 g/mol. The van der Waals surface area contributed by atoms with Crippen LogP contribution in [0.2, 0.25) is 0 Å². The summed E-state index contributed by atoms with van der Waals surface area (Å²) in [7, 11) is -4.42. The number of carbonyl (C=O) groups is 2. The first-order chi connectivity index (χ1) is 16.1. The van der Waals surface area contributed by atoms with Crippen LogP contribution in [0.4, 0.5) is 0 Å². The highest BCUT2D eigenvalue weighted by molar-refractivity contribution is 7.60. The molecule has 11 heteroatoms. The number of aromatic carboxylic acids is 2. The molecule has 0 saturated carbocycles. The topological polar surface area (TPSA) is 171 Å². The summed E-state index contributed by atoms with van der Waals surface area (Å²) in [6.07, 6.45) is 0. The molecule has 0 aliphatic rings. The lowest BCUT2D eigenvalue weighted by Crippen LogP contribution is -2.04. The highest BCUT2D eigenvalue weighted by Gasteiger charge is 2.18. The fourth-order valence-electron chi connectivity index (χ4n) is 3.09. The molecule has 34 heavy (non-hydrogen) atoms. The van der Waals surface area contributed by atoms with E-state index in [1.54, 1.807) is 24.3 Å². The first-order valence-corrected chi connectivity index (χ1v) is 11.3. The van der Waals surface area contributed by atoms with E-state index in [4.69, 9.17) is 10.2 Å². The maximum Gasteiger partial charge on any atom is 0.356 e. The van der Waals surface area contributed by atoms with Gasteiger partial charge in [0.05, 0.1) is 16.4 Å². The molecule has 0 radical (unpaired) electrons. The van der Waals surface area contributed by atoms with Crippen LogP contribution in [-0.4, -0.2) is 46.9 Å². The zero-order chi connectivity index (χ0) is 24.5. The minimum Gasteiger partial charge on any atom is -0.478 e. The van der Waals surface area contributed by atoms with E-state index in [0.29, 0.717) is 16.7 Å². The van der Waals surface area contributed by atoms with Gasteiger partial charge in [0.1, 0.15) is 0 Å². The summed E-state index contributed by atoms with van der Waals surface area (Å²) < 4.78 is 11.5. The molecule has 0 fully saturated rings. The maximum atomic E-state index is 11.5. The standard InChI is InChI=1S/C23H16N3O7P/c27-22(28)16-5-1-13(2-6-16)19-24-20(14-3-7-17(8-4-14)23(29)30)26-21(25-19)15-9-11-18(12-10-15)34(31,32)33/h1-12H,(H,27,28)(H,29,30)(H2,31,32,33). The van der Waals surface area contributed by atoms with Crippen LogP contribution >= 0.6 is 7.60 Å². The summed E-state index contributed by atoms with van der Waals surface area (Å²) in [5.41, 5.74) is 1.69. The Kier molecular flexibility index (Phi) is 6.04. The average molecular weight is 477 g/mol. The van der Waals surface area contributed by atoms with Gasteiger partial charge < -0.3 is 20.0 Å². The van der Waals surface area contributed by atoms with Crippen LogP contribution in [0.15, 0.2) is 72.8 Å². The molecule has 10 nitrogen and oxygen atoms in total. The number of carboxylic acids is 2. The van der Waals surface area contributed by atoms with Crippen molar-refractivity contribution >= 4 is 24.8 Å². The molecule has 0 aliphatic heterocycles. The number of aromatic nitrogens is 3. The molecule has 4 N–H and O–H groups in total. The number of rotatable bonds is 6. The van der Waals surface area contributed by atoms with E-state index in [9.17, 15) is 23.9 Å². The Morgan fingerprint density at radius 1 is 0.559 bits per heavy atom. The second-order valence-corrected chi connectivity index (χ2v) is 8.77. The summed E-state index contributed by atoms with van der Waals surface area (Å²) in [5, 5.41) is 18.1. The van der Waals surface area contributed by atoms with E-state index >= 15 is 0 Å². The van der Waals surface area contributed by atoms with Crippen LogP contribution in [0.5, 0.6) is 0 Å². The minimum atomic E-state index is -4.42. The second-order valence-electron chi connectivity index (χ2n) is 7.16. The highest BCUT2D eigenvalue weighted by atomic mass is 31.2. The minimum absolute atomic E-state index is 0.0931. The SMILES string of the molecule is O=C(O)c1ccc(-c2nc(-c3ccc(C(=O)O)cc3)nc(-c3ccc(P(=O)(O)O)cc3)n2)cc1. The Balaban J connectivity index is 1.84. The van der Waals surface area contributed by atoms with E-state index < -0.39 is 19.5 Å². The third kappa shape index (κ3) is 4.89. The zero-order valence-corrected chi connectivity index (χ0v) is 18.1. The van der Waals surface area contributed by atoms with E-state index in [1.807, 2.05) is 0 Å². The largest absolute Gasteiger partial charge is 0.478 e. The van der Waals surface area contributed by atoms with Crippen molar-refractivity contribution in [2.75, 3.05) is 0 Å². The summed E-state index contributed by atoms with van der Waals surface area (Å²) in [6, 6.07) is 17.4. The average Bonchev–Trinajstić information content (AvgIpc) is 2.83. The number of hydrogen-bond donors (Lipinski definition) is 4. The normalized spacial score (nSPS) is 11.2. The van der Waals surface area contributed by atoms with E-state index in [0.717, 1.165) is 0 Å². The lowest BCUT2D eigenvalue weighted by atomic mass is 10.1. The Morgan fingerprint density at radius 3 is 1.12 bits per heavy atom. The molecule has 0 saturated heterocycles. The molecule has 0 unspecified atom stereocenters. The summed E-state index contributed by atoms with van der Waals surface area (Å²) in [4.78, 5) is 54.4. The van der Waals surface area contributed by atoms with Gasteiger partial charge in [-0.3, -0.25) is 4.57 Å². The smallest absolute Gasteiger partial charge is 0.356 e. The van der Waals surface area contributed by atoms with Crippen molar-refractivity contribution in [3.63, 3.8) is 0 Å². The number of carboxylic acid groups (broad SMARTS) is 2. The monoisotopic (exact) mass is 477 g/mol. The zero-order valence-electron chi connectivity index (χ0n) is 17.2. The molecule has 3 aromatic carbocycles. The van der Waals surface area contributed by atoms with Gasteiger partial charge in [0, 0.05) is 16.7 Å². The van der Waals surface area contributed by atoms with E-state index in [2.05, 4.69) is 15.0 Å². The number of nitrogens with zero attached hydrogens (tertiary/aromatic N) is 3. The van der Waals surface area contributed by atoms with Crippen molar-refractivity contribution in [2.45, 2.75) is 0 Å². The predicted octanol–water partition coefficient (Wildman–Crippen LogP) is 3.07. The summed E-state index contributed by atoms with van der Waals surface area (Å²) >= 11 is 0. The van der Waals surface area contributed by atoms with Crippen LogP contribution in [0.1, 0.15) is 20.7 Å². The van der Waals surface area contributed by atoms with Crippen LogP contribution in [0.25, 0.3) is 34.2 Å². The van der Waals surface area contributed by atoms with Crippen molar-refractivity contribution in [3.05, 3.63) is 83.9 Å². The fourth-order valence-corrected chi connectivity index (χ4v) is 3.63. The molecule has 4 rings (SSSR count). The van der Waals surface area contributed by atoms with Gasteiger partial charge in [-0.15, -0.1) is 0 Å². The number of hydrogen-bond acceptors (Lipinski definition) is 6. The lowest BCUT2D eigenvalue weighted by molar-refractivity contribution is 0.0686. The molecule has 4 aromatic rings. The van der Waals surface area contributed by atoms with Gasteiger partial charge in [-0.1, -0.05) is 36.4 Å². The summed E-state index contributed by atoms with van der Waals surface area (Å²) in [6.45, 7) is 0. The second kappa shape index (κ2) is 8.95. The van der Waals surface area contributed by atoms with Crippen LogP contribution in [0, 0.1) is 0 Å². The Bertz CT molecular complexity index is 1360. The quantitative estimate of drug-likeness (QED) is 0.303. The highest BCUT2D eigenvalue weighted by Crippen LogP contribution is 2.33. The Hall–Kier alpha value is -4.24. The van der Waals surface area contributed by atoms with Crippen molar-refractivity contribution < 1.29 is 34.2 Å². The molecule has 0 bridgehead atoms. The number of benzene rings is 3. The summed E-state index contributed by atoms with van der Waals surface area (Å²) in [5.74, 6) is -1.47. The molecule has 0 atom stereocenters.